The van der Waals surface area contributed by atoms with Crippen molar-refractivity contribution in [1.29, 1.82) is 0 Å². The third-order valence-corrected chi connectivity index (χ3v) is 3.70. The zero-order chi connectivity index (χ0) is 16.0. The SMILES string of the molecule is CC(=O)Nc1cccc(NS(=O)(=O)/C=C/c2ccccc2)c1. The van der Waals surface area contributed by atoms with Crippen LogP contribution in [0.3, 0.4) is 0 Å². The lowest BCUT2D eigenvalue weighted by atomic mass is 10.2. The Morgan fingerprint density at radius 1 is 1.00 bits per heavy atom. The average molecular weight is 316 g/mol. The third-order valence-electron chi connectivity index (χ3n) is 2.68. The summed E-state index contributed by atoms with van der Waals surface area (Å²) in [6.45, 7) is 1.39. The van der Waals surface area contributed by atoms with Crippen LogP contribution in [0.5, 0.6) is 0 Å². The molecule has 0 radical (unpaired) electrons. The van der Waals surface area contributed by atoms with Crippen LogP contribution in [0.25, 0.3) is 6.08 Å². The fourth-order valence-electron chi connectivity index (χ4n) is 1.79. The average Bonchev–Trinajstić information content (AvgIpc) is 2.45. The number of benzene rings is 2. The van der Waals surface area contributed by atoms with Crippen molar-refractivity contribution in [3.05, 3.63) is 65.6 Å². The summed E-state index contributed by atoms with van der Waals surface area (Å²) >= 11 is 0. The van der Waals surface area contributed by atoms with Gasteiger partial charge in [-0.3, -0.25) is 9.52 Å². The summed E-state index contributed by atoms with van der Waals surface area (Å²) in [6.07, 6.45) is 1.51. The highest BCUT2D eigenvalue weighted by atomic mass is 32.2. The molecule has 2 aromatic carbocycles. The van der Waals surface area contributed by atoms with Gasteiger partial charge < -0.3 is 5.32 Å². The van der Waals surface area contributed by atoms with Gasteiger partial charge in [0.05, 0.1) is 11.1 Å². The number of carbonyl (C=O) groups excluding carboxylic acids is 1. The number of nitrogens with one attached hydrogen (secondary N) is 2. The highest BCUT2D eigenvalue weighted by Gasteiger charge is 2.06. The quantitative estimate of drug-likeness (QED) is 0.890. The zero-order valence-electron chi connectivity index (χ0n) is 12.0. The monoisotopic (exact) mass is 316 g/mol. The van der Waals surface area contributed by atoms with Crippen molar-refractivity contribution < 1.29 is 13.2 Å². The fourth-order valence-corrected chi connectivity index (χ4v) is 2.65. The maximum absolute atomic E-state index is 12.0. The Morgan fingerprint density at radius 3 is 2.36 bits per heavy atom. The molecule has 0 unspecified atom stereocenters. The zero-order valence-corrected chi connectivity index (χ0v) is 12.8. The standard InChI is InChI=1S/C16H16N2O3S/c1-13(19)17-15-8-5-9-16(12-15)18-22(20,21)11-10-14-6-3-2-4-7-14/h2-12,18H,1H3,(H,17,19)/b11-10+. The molecule has 6 heteroatoms. The lowest BCUT2D eigenvalue weighted by Gasteiger charge is -2.07. The highest BCUT2D eigenvalue weighted by Crippen LogP contribution is 2.17. The Labute approximate surface area is 129 Å². The molecule has 0 saturated heterocycles. The molecule has 2 rings (SSSR count). The van der Waals surface area contributed by atoms with Gasteiger partial charge in [-0.1, -0.05) is 36.4 Å². The molecule has 0 atom stereocenters. The minimum Gasteiger partial charge on any atom is -0.326 e. The molecule has 1 amide bonds. The summed E-state index contributed by atoms with van der Waals surface area (Å²) in [5.41, 5.74) is 1.70. The van der Waals surface area contributed by atoms with E-state index >= 15 is 0 Å². The first kappa shape index (κ1) is 15.8. The van der Waals surface area contributed by atoms with Crippen LogP contribution in [0.2, 0.25) is 0 Å². The Bertz CT molecular complexity index is 784. The topological polar surface area (TPSA) is 75.3 Å². The first-order valence-corrected chi connectivity index (χ1v) is 8.13. The van der Waals surface area contributed by atoms with Gasteiger partial charge in [0.1, 0.15) is 0 Å². The van der Waals surface area contributed by atoms with Crippen molar-refractivity contribution in [3.63, 3.8) is 0 Å². The Kier molecular flexibility index (Phi) is 4.95. The maximum Gasteiger partial charge on any atom is 0.255 e. The first-order chi connectivity index (χ1) is 10.4. The van der Waals surface area contributed by atoms with Gasteiger partial charge in [0, 0.05) is 12.6 Å². The molecule has 0 fully saturated rings. The second-order valence-electron chi connectivity index (χ2n) is 4.62. The Balaban J connectivity index is 2.12. The van der Waals surface area contributed by atoms with Crippen molar-refractivity contribution in [3.8, 4) is 0 Å². The molecule has 2 aromatic rings. The van der Waals surface area contributed by atoms with Gasteiger partial charge in [0.2, 0.25) is 5.91 Å². The molecule has 0 aliphatic rings. The molecule has 0 spiro atoms. The molecule has 0 bridgehead atoms. The van der Waals surface area contributed by atoms with E-state index in [9.17, 15) is 13.2 Å². The summed E-state index contributed by atoms with van der Waals surface area (Å²) in [4.78, 5) is 11.0. The van der Waals surface area contributed by atoms with E-state index in [2.05, 4.69) is 10.0 Å². The van der Waals surface area contributed by atoms with Gasteiger partial charge in [-0.15, -0.1) is 0 Å². The van der Waals surface area contributed by atoms with E-state index in [1.165, 1.54) is 13.0 Å². The predicted octanol–water partition coefficient (Wildman–Crippen LogP) is 3.06. The van der Waals surface area contributed by atoms with E-state index in [1.54, 1.807) is 24.3 Å². The number of anilines is 2. The van der Waals surface area contributed by atoms with Gasteiger partial charge in [-0.2, -0.15) is 0 Å². The summed E-state index contributed by atoms with van der Waals surface area (Å²) < 4.78 is 26.5. The van der Waals surface area contributed by atoms with Gasteiger partial charge in [-0.25, -0.2) is 8.42 Å². The molecule has 0 aliphatic heterocycles. The number of sulfonamides is 1. The number of amides is 1. The minimum absolute atomic E-state index is 0.219. The maximum atomic E-state index is 12.0. The molecule has 5 nitrogen and oxygen atoms in total. The van der Waals surface area contributed by atoms with E-state index in [4.69, 9.17) is 0 Å². The van der Waals surface area contributed by atoms with E-state index in [-0.39, 0.29) is 5.91 Å². The lowest BCUT2D eigenvalue weighted by Crippen LogP contribution is -2.10. The number of hydrogen-bond acceptors (Lipinski definition) is 3. The Hall–Kier alpha value is -2.60. The fraction of sp³-hybridized carbons (Fsp3) is 0.0625. The van der Waals surface area contributed by atoms with Crippen molar-refractivity contribution in [1.82, 2.24) is 0 Å². The van der Waals surface area contributed by atoms with E-state index in [1.807, 2.05) is 30.3 Å². The van der Waals surface area contributed by atoms with Crippen LogP contribution in [0.1, 0.15) is 12.5 Å². The molecule has 2 N–H and O–H groups in total. The van der Waals surface area contributed by atoms with Crippen LogP contribution in [-0.4, -0.2) is 14.3 Å². The molecule has 0 aromatic heterocycles. The summed E-state index contributed by atoms with van der Waals surface area (Å²) in [7, 11) is -3.62. The highest BCUT2D eigenvalue weighted by molar-refractivity contribution is 7.95. The van der Waals surface area contributed by atoms with Crippen LogP contribution in [0, 0.1) is 0 Å². The van der Waals surface area contributed by atoms with E-state index in [0.717, 1.165) is 11.0 Å². The number of carbonyl (C=O) groups is 1. The lowest BCUT2D eigenvalue weighted by molar-refractivity contribution is -0.114. The van der Waals surface area contributed by atoms with Gasteiger partial charge in [-0.05, 0) is 29.8 Å². The van der Waals surface area contributed by atoms with Gasteiger partial charge in [0.25, 0.3) is 10.0 Å². The van der Waals surface area contributed by atoms with Crippen molar-refractivity contribution in [2.24, 2.45) is 0 Å². The van der Waals surface area contributed by atoms with Gasteiger partial charge >= 0.3 is 0 Å². The van der Waals surface area contributed by atoms with Crippen molar-refractivity contribution >= 4 is 33.4 Å². The van der Waals surface area contributed by atoms with Crippen LogP contribution >= 0.6 is 0 Å². The van der Waals surface area contributed by atoms with Crippen LogP contribution in [-0.2, 0) is 14.8 Å². The van der Waals surface area contributed by atoms with Crippen LogP contribution < -0.4 is 10.0 Å². The molecule has 114 valence electrons. The summed E-state index contributed by atoms with van der Waals surface area (Å²) in [5, 5.41) is 3.70. The summed E-state index contributed by atoms with van der Waals surface area (Å²) in [6, 6.07) is 15.6. The third kappa shape index (κ3) is 5.06. The largest absolute Gasteiger partial charge is 0.326 e. The van der Waals surface area contributed by atoms with Crippen molar-refractivity contribution in [2.75, 3.05) is 10.0 Å². The minimum atomic E-state index is -3.62. The second-order valence-corrected chi connectivity index (χ2v) is 6.19. The van der Waals surface area contributed by atoms with E-state index in [0.29, 0.717) is 11.4 Å². The molecule has 0 aliphatic carbocycles. The first-order valence-electron chi connectivity index (χ1n) is 6.58. The van der Waals surface area contributed by atoms with E-state index < -0.39 is 10.0 Å². The predicted molar refractivity (Wildman–Crippen MR) is 88.8 cm³/mol. The molecule has 0 heterocycles. The van der Waals surface area contributed by atoms with Crippen LogP contribution in [0.15, 0.2) is 60.0 Å². The molecule has 22 heavy (non-hydrogen) atoms. The summed E-state index contributed by atoms with van der Waals surface area (Å²) in [5.74, 6) is -0.219. The van der Waals surface area contributed by atoms with Crippen molar-refractivity contribution in [2.45, 2.75) is 6.92 Å². The molecular weight excluding hydrogens is 300 g/mol. The Morgan fingerprint density at radius 2 is 1.68 bits per heavy atom. The number of hydrogen-bond donors (Lipinski definition) is 2. The molecule has 0 saturated carbocycles. The number of rotatable bonds is 5. The van der Waals surface area contributed by atoms with Gasteiger partial charge in [0.15, 0.2) is 0 Å². The second kappa shape index (κ2) is 6.91. The molecular formula is C16H16N2O3S. The van der Waals surface area contributed by atoms with Crippen LogP contribution in [0.4, 0.5) is 11.4 Å². The normalized spacial score (nSPS) is 11.3. The smallest absolute Gasteiger partial charge is 0.255 e.